The summed E-state index contributed by atoms with van der Waals surface area (Å²) in [5, 5.41) is 0.531. The van der Waals surface area contributed by atoms with E-state index < -0.39 is 0 Å². The molecule has 1 atom stereocenters. The Kier molecular flexibility index (Phi) is 4.00. The quantitative estimate of drug-likeness (QED) is 0.789. The number of piperidine rings is 1. The van der Waals surface area contributed by atoms with Gasteiger partial charge in [-0.15, -0.1) is 0 Å². The van der Waals surface area contributed by atoms with Crippen molar-refractivity contribution in [3.05, 3.63) is 29.3 Å². The molecule has 0 aromatic heterocycles. The van der Waals surface area contributed by atoms with E-state index in [0.717, 1.165) is 25.9 Å². The van der Waals surface area contributed by atoms with Crippen LogP contribution >= 0.6 is 11.6 Å². The predicted octanol–water partition coefficient (Wildman–Crippen LogP) is 2.70. The zero-order chi connectivity index (χ0) is 15.0. The highest BCUT2D eigenvalue weighted by Crippen LogP contribution is 2.29. The van der Waals surface area contributed by atoms with Gasteiger partial charge in [0, 0.05) is 5.02 Å². The Balaban J connectivity index is 1.79. The fraction of sp³-hybridized carbons (Fsp3) is 0.500. The van der Waals surface area contributed by atoms with Crippen LogP contribution in [-0.2, 0) is 9.59 Å². The minimum Gasteiger partial charge on any atom is -0.292 e. The lowest BCUT2D eigenvalue weighted by molar-refractivity contribution is -0.123. The smallest absolute Gasteiger partial charge is 0.251 e. The molecule has 0 aliphatic carbocycles. The molecule has 112 valence electrons. The Morgan fingerprint density at radius 1 is 1.19 bits per heavy atom. The molecule has 2 aliphatic heterocycles. The molecule has 4 nitrogen and oxygen atoms in total. The van der Waals surface area contributed by atoms with Gasteiger partial charge in [-0.25, -0.2) is 4.90 Å². The van der Waals surface area contributed by atoms with Crippen LogP contribution in [-0.4, -0.2) is 35.8 Å². The van der Waals surface area contributed by atoms with Crippen LogP contribution in [0.1, 0.15) is 26.2 Å². The first-order valence-electron chi connectivity index (χ1n) is 7.42. The number of halogens is 1. The molecule has 1 aromatic carbocycles. The number of carbonyl (C=O) groups is 2. The van der Waals surface area contributed by atoms with E-state index in [-0.39, 0.29) is 24.3 Å². The van der Waals surface area contributed by atoms with Crippen LogP contribution in [0.25, 0.3) is 0 Å². The zero-order valence-electron chi connectivity index (χ0n) is 12.1. The van der Waals surface area contributed by atoms with Crippen molar-refractivity contribution in [3.63, 3.8) is 0 Å². The summed E-state index contributed by atoms with van der Waals surface area (Å²) in [7, 11) is 0. The van der Waals surface area contributed by atoms with Crippen LogP contribution < -0.4 is 4.90 Å². The maximum atomic E-state index is 12.6. The first-order chi connectivity index (χ1) is 10.1. The molecule has 0 radical (unpaired) electrons. The molecule has 3 rings (SSSR count). The molecule has 0 spiro atoms. The molecule has 1 aromatic rings. The Morgan fingerprint density at radius 2 is 1.90 bits per heavy atom. The SMILES string of the molecule is CC1CCN([C@@H]2CC(=O)N(c3cccc(Cl)c3)C2=O)CC1. The summed E-state index contributed by atoms with van der Waals surface area (Å²) < 4.78 is 0. The van der Waals surface area contributed by atoms with Crippen LogP contribution in [0, 0.1) is 5.92 Å². The van der Waals surface area contributed by atoms with Gasteiger partial charge in [0.25, 0.3) is 5.91 Å². The minimum atomic E-state index is -0.302. The molecular formula is C16H19ClN2O2. The van der Waals surface area contributed by atoms with Crippen molar-refractivity contribution in [2.24, 2.45) is 5.92 Å². The maximum Gasteiger partial charge on any atom is 0.251 e. The van der Waals surface area contributed by atoms with Crippen molar-refractivity contribution in [2.75, 3.05) is 18.0 Å². The van der Waals surface area contributed by atoms with E-state index in [1.165, 1.54) is 4.90 Å². The number of carbonyl (C=O) groups excluding carboxylic acids is 2. The van der Waals surface area contributed by atoms with Gasteiger partial charge < -0.3 is 0 Å². The molecule has 2 heterocycles. The summed E-state index contributed by atoms with van der Waals surface area (Å²) in [6.45, 7) is 4.03. The molecule has 21 heavy (non-hydrogen) atoms. The number of likely N-dealkylation sites (tertiary alicyclic amines) is 1. The summed E-state index contributed by atoms with van der Waals surface area (Å²) in [6, 6.07) is 6.61. The highest BCUT2D eigenvalue weighted by Gasteiger charge is 2.43. The largest absolute Gasteiger partial charge is 0.292 e. The van der Waals surface area contributed by atoms with Crippen molar-refractivity contribution in [3.8, 4) is 0 Å². The summed E-state index contributed by atoms with van der Waals surface area (Å²) >= 11 is 5.96. The second kappa shape index (κ2) is 5.78. The molecule has 0 unspecified atom stereocenters. The lowest BCUT2D eigenvalue weighted by Gasteiger charge is -2.33. The van der Waals surface area contributed by atoms with E-state index in [1.807, 2.05) is 0 Å². The number of nitrogens with zero attached hydrogens (tertiary/aromatic N) is 2. The minimum absolute atomic E-state index is 0.114. The lowest BCUT2D eigenvalue weighted by Crippen LogP contribution is -2.45. The summed E-state index contributed by atoms with van der Waals surface area (Å²) in [5.74, 6) is 0.459. The van der Waals surface area contributed by atoms with Gasteiger partial charge in [-0.1, -0.05) is 24.6 Å². The number of hydrogen-bond donors (Lipinski definition) is 0. The van der Waals surface area contributed by atoms with E-state index in [2.05, 4.69) is 11.8 Å². The molecule has 2 fully saturated rings. The normalized spacial score (nSPS) is 24.9. The van der Waals surface area contributed by atoms with Crippen molar-refractivity contribution in [1.82, 2.24) is 4.90 Å². The Labute approximate surface area is 129 Å². The van der Waals surface area contributed by atoms with Crippen molar-refractivity contribution >= 4 is 29.1 Å². The van der Waals surface area contributed by atoms with E-state index >= 15 is 0 Å². The van der Waals surface area contributed by atoms with Gasteiger partial charge in [0.1, 0.15) is 0 Å². The van der Waals surface area contributed by atoms with Crippen LogP contribution in [0.3, 0.4) is 0 Å². The van der Waals surface area contributed by atoms with Crippen molar-refractivity contribution in [2.45, 2.75) is 32.2 Å². The number of anilines is 1. The third-order valence-electron chi connectivity index (χ3n) is 4.45. The van der Waals surface area contributed by atoms with E-state index in [9.17, 15) is 9.59 Å². The number of benzene rings is 1. The van der Waals surface area contributed by atoms with Crippen LogP contribution in [0.5, 0.6) is 0 Å². The highest BCUT2D eigenvalue weighted by molar-refractivity contribution is 6.31. The first-order valence-corrected chi connectivity index (χ1v) is 7.80. The van der Waals surface area contributed by atoms with E-state index in [4.69, 9.17) is 11.6 Å². The zero-order valence-corrected chi connectivity index (χ0v) is 12.8. The van der Waals surface area contributed by atoms with Gasteiger partial charge in [-0.3, -0.25) is 14.5 Å². The monoisotopic (exact) mass is 306 g/mol. The van der Waals surface area contributed by atoms with Crippen molar-refractivity contribution < 1.29 is 9.59 Å². The fourth-order valence-electron chi connectivity index (χ4n) is 3.13. The molecule has 0 N–H and O–H groups in total. The molecular weight excluding hydrogens is 288 g/mol. The molecule has 0 bridgehead atoms. The number of hydrogen-bond acceptors (Lipinski definition) is 3. The third-order valence-corrected chi connectivity index (χ3v) is 4.68. The average Bonchev–Trinajstić information content (AvgIpc) is 2.75. The molecule has 2 amide bonds. The first kappa shape index (κ1) is 14.5. The topological polar surface area (TPSA) is 40.6 Å². The van der Waals surface area contributed by atoms with Crippen LogP contribution in [0.4, 0.5) is 5.69 Å². The Bertz CT molecular complexity index is 567. The van der Waals surface area contributed by atoms with Crippen molar-refractivity contribution in [1.29, 1.82) is 0 Å². The lowest BCUT2D eigenvalue weighted by atomic mass is 9.97. The fourth-order valence-corrected chi connectivity index (χ4v) is 3.31. The van der Waals surface area contributed by atoms with Gasteiger partial charge in [0.15, 0.2) is 0 Å². The van der Waals surface area contributed by atoms with Gasteiger partial charge in [0.05, 0.1) is 18.2 Å². The summed E-state index contributed by atoms with van der Waals surface area (Å²) in [5.41, 5.74) is 0.574. The van der Waals surface area contributed by atoms with Crippen LogP contribution in [0.15, 0.2) is 24.3 Å². The highest BCUT2D eigenvalue weighted by atomic mass is 35.5. The standard InChI is InChI=1S/C16H19ClN2O2/c1-11-5-7-18(8-6-11)14-10-15(20)19(16(14)21)13-4-2-3-12(17)9-13/h2-4,9,11,14H,5-8,10H2,1H3/t14-/m1/s1. The predicted molar refractivity (Wildman–Crippen MR) is 82.3 cm³/mol. The van der Waals surface area contributed by atoms with Crippen LogP contribution in [0.2, 0.25) is 5.02 Å². The second-order valence-electron chi connectivity index (χ2n) is 5.99. The van der Waals surface area contributed by atoms with Gasteiger partial charge >= 0.3 is 0 Å². The second-order valence-corrected chi connectivity index (χ2v) is 6.42. The molecule has 2 aliphatic rings. The summed E-state index contributed by atoms with van der Waals surface area (Å²) in [4.78, 5) is 28.3. The average molecular weight is 307 g/mol. The van der Waals surface area contributed by atoms with Gasteiger partial charge in [-0.05, 0) is 50.0 Å². The third kappa shape index (κ3) is 2.83. The molecule has 0 saturated carbocycles. The van der Waals surface area contributed by atoms with E-state index in [1.54, 1.807) is 24.3 Å². The van der Waals surface area contributed by atoms with Gasteiger partial charge in [-0.2, -0.15) is 0 Å². The molecule has 2 saturated heterocycles. The Hall–Kier alpha value is -1.39. The number of imide groups is 1. The van der Waals surface area contributed by atoms with Gasteiger partial charge in [0.2, 0.25) is 5.91 Å². The Morgan fingerprint density at radius 3 is 2.57 bits per heavy atom. The molecule has 5 heteroatoms. The van der Waals surface area contributed by atoms with E-state index in [0.29, 0.717) is 16.6 Å². The summed E-state index contributed by atoms with van der Waals surface area (Å²) in [6.07, 6.45) is 2.46. The number of rotatable bonds is 2. The number of amides is 2. The maximum absolute atomic E-state index is 12.6.